The largest absolute Gasteiger partial charge is 0.445 e. The Morgan fingerprint density at radius 3 is 2.53 bits per heavy atom. The van der Waals surface area contributed by atoms with Crippen LogP contribution in [0.1, 0.15) is 10.4 Å². The monoisotopic (exact) mass is 465 g/mol. The second kappa shape index (κ2) is 9.03. The number of ether oxygens (including phenoxy) is 1. The maximum atomic E-state index is 13.0. The van der Waals surface area contributed by atoms with E-state index in [1.807, 2.05) is 35.2 Å². The molecule has 2 aliphatic rings. The van der Waals surface area contributed by atoms with Gasteiger partial charge in [0.1, 0.15) is 6.61 Å². The lowest BCUT2D eigenvalue weighted by molar-refractivity contribution is -0.136. The maximum absolute atomic E-state index is 13.0. The molecule has 32 heavy (non-hydrogen) atoms. The second-order valence-corrected chi connectivity index (χ2v) is 8.16. The van der Waals surface area contributed by atoms with Crippen molar-refractivity contribution >= 4 is 40.2 Å². The Hall–Kier alpha value is -3.34. The summed E-state index contributed by atoms with van der Waals surface area (Å²) in [6.07, 6.45) is -4.03. The fourth-order valence-corrected chi connectivity index (χ4v) is 4.27. The number of rotatable bonds is 4. The Labute approximate surface area is 185 Å². The molecule has 7 nitrogen and oxygen atoms in total. The van der Waals surface area contributed by atoms with E-state index in [1.165, 1.54) is 11.3 Å². The molecule has 0 unspecified atom stereocenters. The summed E-state index contributed by atoms with van der Waals surface area (Å²) in [4.78, 5) is 32.2. The van der Waals surface area contributed by atoms with E-state index >= 15 is 0 Å². The summed E-state index contributed by atoms with van der Waals surface area (Å²) >= 11 is 1.24. The van der Waals surface area contributed by atoms with Crippen LogP contribution in [0.5, 0.6) is 0 Å². The average Bonchev–Trinajstić information content (AvgIpc) is 3.40. The third-order valence-electron chi connectivity index (χ3n) is 4.92. The molecule has 168 valence electrons. The number of hydrogen-bond donors (Lipinski definition) is 0. The lowest BCUT2D eigenvalue weighted by atomic mass is 10.1. The van der Waals surface area contributed by atoms with Crippen LogP contribution in [-0.2, 0) is 21.0 Å². The number of carbonyl (C=O) groups is 2. The van der Waals surface area contributed by atoms with Crippen molar-refractivity contribution < 1.29 is 32.3 Å². The van der Waals surface area contributed by atoms with Gasteiger partial charge in [0.15, 0.2) is 5.71 Å². The van der Waals surface area contributed by atoms with Gasteiger partial charge in [-0.2, -0.15) is 13.2 Å². The second-order valence-electron chi connectivity index (χ2n) is 7.06. The molecule has 0 aliphatic carbocycles. The average molecular weight is 465 g/mol. The smallest absolute Gasteiger partial charge is 0.437 e. The van der Waals surface area contributed by atoms with Gasteiger partial charge in [-0.05, 0) is 23.8 Å². The molecule has 1 fully saturated rings. The van der Waals surface area contributed by atoms with Crippen molar-refractivity contribution in [3.8, 4) is 0 Å². The standard InChI is InChI=1S/C21H18F3N3O4S/c22-21(23,24)18-16(19(28)31-25-18)12-15-6-7-17(32-15)26-8-10-27(11-9-26)20(29)30-13-14-4-2-1-3-5-14/h1-7,12H,8-11,13H2/b16-12-. The molecule has 1 aromatic carbocycles. The van der Waals surface area contributed by atoms with Crippen molar-refractivity contribution in [1.82, 2.24) is 4.90 Å². The molecule has 2 aromatic rings. The van der Waals surface area contributed by atoms with E-state index < -0.39 is 23.4 Å². The fraction of sp³-hybridized carbons (Fsp3) is 0.286. The van der Waals surface area contributed by atoms with Crippen molar-refractivity contribution in [3.63, 3.8) is 0 Å². The van der Waals surface area contributed by atoms with Crippen LogP contribution in [0, 0.1) is 0 Å². The van der Waals surface area contributed by atoms with E-state index in [0.29, 0.717) is 31.1 Å². The third-order valence-corrected chi connectivity index (χ3v) is 6.01. The molecule has 0 N–H and O–H groups in total. The number of hydrogen-bond acceptors (Lipinski definition) is 7. The number of benzene rings is 1. The summed E-state index contributed by atoms with van der Waals surface area (Å²) in [6, 6.07) is 12.8. The first kappa shape index (κ1) is 21.9. The SMILES string of the molecule is O=C1ON=C(C(F)(F)F)/C1=C/c1ccc(N2CCN(C(=O)OCc3ccccc3)CC2)s1. The molecule has 3 heterocycles. The lowest BCUT2D eigenvalue weighted by Gasteiger charge is -2.34. The summed E-state index contributed by atoms with van der Waals surface area (Å²) < 4.78 is 44.3. The highest BCUT2D eigenvalue weighted by Crippen LogP contribution is 2.32. The van der Waals surface area contributed by atoms with Crippen molar-refractivity contribution in [2.75, 3.05) is 31.1 Å². The van der Waals surface area contributed by atoms with Gasteiger partial charge in [-0.25, -0.2) is 9.59 Å². The zero-order chi connectivity index (χ0) is 22.7. The number of piperazine rings is 1. The van der Waals surface area contributed by atoms with Crippen molar-refractivity contribution in [1.29, 1.82) is 0 Å². The number of halogens is 3. The highest BCUT2D eigenvalue weighted by molar-refractivity contribution is 7.17. The Kier molecular flexibility index (Phi) is 6.17. The fourth-order valence-electron chi connectivity index (χ4n) is 3.27. The molecule has 0 spiro atoms. The van der Waals surface area contributed by atoms with Crippen LogP contribution in [0.15, 0.2) is 53.2 Å². The van der Waals surface area contributed by atoms with Crippen LogP contribution < -0.4 is 4.90 Å². The van der Waals surface area contributed by atoms with Crippen molar-refractivity contribution in [2.24, 2.45) is 5.16 Å². The third kappa shape index (κ3) is 4.93. The van der Waals surface area contributed by atoms with E-state index in [9.17, 15) is 22.8 Å². The molecule has 11 heteroatoms. The zero-order valence-corrected chi connectivity index (χ0v) is 17.5. The van der Waals surface area contributed by atoms with Gasteiger partial charge in [0.05, 0.1) is 10.6 Å². The summed E-state index contributed by atoms with van der Waals surface area (Å²) in [5, 5.41) is 3.67. The Morgan fingerprint density at radius 1 is 1.12 bits per heavy atom. The molecule has 0 radical (unpaired) electrons. The molecule has 4 rings (SSSR count). The number of nitrogens with zero attached hydrogens (tertiary/aromatic N) is 3. The zero-order valence-electron chi connectivity index (χ0n) is 16.7. The molecule has 2 aliphatic heterocycles. The molecule has 0 bridgehead atoms. The molecule has 1 amide bonds. The first-order chi connectivity index (χ1) is 15.3. The van der Waals surface area contributed by atoms with Crippen molar-refractivity contribution in [2.45, 2.75) is 12.8 Å². The number of anilines is 1. The van der Waals surface area contributed by atoms with E-state index in [1.54, 1.807) is 17.0 Å². The van der Waals surface area contributed by atoms with Crippen LogP contribution in [-0.4, -0.2) is 55.0 Å². The van der Waals surface area contributed by atoms with Gasteiger partial charge in [-0.3, -0.25) is 0 Å². The maximum Gasteiger partial charge on any atom is 0.437 e. The van der Waals surface area contributed by atoms with Gasteiger partial charge >= 0.3 is 18.2 Å². The van der Waals surface area contributed by atoms with Crippen LogP contribution in [0.25, 0.3) is 6.08 Å². The Morgan fingerprint density at radius 2 is 1.84 bits per heavy atom. The van der Waals surface area contributed by atoms with E-state index in [0.717, 1.165) is 16.6 Å². The van der Waals surface area contributed by atoms with E-state index in [2.05, 4.69) is 9.99 Å². The Balaban J connectivity index is 1.34. The van der Waals surface area contributed by atoms with E-state index in [-0.39, 0.29) is 12.7 Å². The molecular formula is C21H18F3N3O4S. The molecule has 0 saturated carbocycles. The van der Waals surface area contributed by atoms with Crippen LogP contribution in [0.3, 0.4) is 0 Å². The van der Waals surface area contributed by atoms with Gasteiger partial charge in [0, 0.05) is 31.1 Å². The van der Waals surface area contributed by atoms with Gasteiger partial charge in [0.2, 0.25) is 0 Å². The number of alkyl halides is 3. The highest BCUT2D eigenvalue weighted by Gasteiger charge is 2.45. The van der Waals surface area contributed by atoms with E-state index in [4.69, 9.17) is 4.74 Å². The van der Waals surface area contributed by atoms with Gasteiger partial charge in [-0.15, -0.1) is 11.3 Å². The minimum absolute atomic E-state index is 0.203. The van der Waals surface area contributed by atoms with Crippen LogP contribution >= 0.6 is 11.3 Å². The first-order valence-electron chi connectivity index (χ1n) is 9.70. The number of oxime groups is 1. The molecular weight excluding hydrogens is 447 g/mol. The summed E-state index contributed by atoms with van der Waals surface area (Å²) in [5.74, 6) is -1.13. The topological polar surface area (TPSA) is 71.4 Å². The van der Waals surface area contributed by atoms with Crippen LogP contribution in [0.4, 0.5) is 23.0 Å². The summed E-state index contributed by atoms with van der Waals surface area (Å²) in [6.45, 7) is 2.22. The number of carbonyl (C=O) groups excluding carboxylic acids is 2. The number of amides is 1. The summed E-state index contributed by atoms with van der Waals surface area (Å²) in [7, 11) is 0. The quantitative estimate of drug-likeness (QED) is 0.503. The molecule has 1 saturated heterocycles. The normalized spacial score (nSPS) is 18.0. The Bertz CT molecular complexity index is 1060. The number of thiophene rings is 1. The molecule has 0 atom stereocenters. The summed E-state index contributed by atoms with van der Waals surface area (Å²) in [5.41, 5.74) is -1.04. The highest BCUT2D eigenvalue weighted by atomic mass is 32.1. The van der Waals surface area contributed by atoms with Gasteiger partial charge < -0.3 is 19.4 Å². The van der Waals surface area contributed by atoms with Gasteiger partial charge in [-0.1, -0.05) is 35.5 Å². The van der Waals surface area contributed by atoms with Gasteiger partial charge in [0.25, 0.3) is 0 Å². The first-order valence-corrected chi connectivity index (χ1v) is 10.5. The predicted octanol–water partition coefficient (Wildman–Crippen LogP) is 4.07. The predicted molar refractivity (Wildman–Crippen MR) is 112 cm³/mol. The minimum Gasteiger partial charge on any atom is -0.445 e. The molecule has 1 aromatic heterocycles. The minimum atomic E-state index is -4.77. The van der Waals surface area contributed by atoms with Crippen LogP contribution in [0.2, 0.25) is 0 Å². The van der Waals surface area contributed by atoms with Crippen molar-refractivity contribution in [3.05, 3.63) is 58.5 Å². The lowest BCUT2D eigenvalue weighted by Crippen LogP contribution is -2.48.